The van der Waals surface area contributed by atoms with Crippen molar-refractivity contribution >= 4 is 17.4 Å². The number of halogens is 1. The summed E-state index contributed by atoms with van der Waals surface area (Å²) in [4.78, 5) is 24.6. The summed E-state index contributed by atoms with van der Waals surface area (Å²) in [6, 6.07) is 3.52. The Balaban J connectivity index is 1.78. The van der Waals surface area contributed by atoms with E-state index in [1.54, 1.807) is 16.8 Å². The molecule has 1 amide bonds. The van der Waals surface area contributed by atoms with E-state index in [2.05, 4.69) is 34.1 Å². The molecule has 162 valence electrons. The number of nitrogens with zero attached hydrogens (tertiary/aromatic N) is 5. The predicted molar refractivity (Wildman–Crippen MR) is 116 cm³/mol. The average Bonchev–Trinajstić information content (AvgIpc) is 3.33. The van der Waals surface area contributed by atoms with Crippen LogP contribution in [0.4, 0.5) is 10.2 Å². The lowest BCUT2D eigenvalue weighted by atomic mass is 9.76. The van der Waals surface area contributed by atoms with Gasteiger partial charge in [0.25, 0.3) is 5.91 Å². The van der Waals surface area contributed by atoms with Crippen molar-refractivity contribution in [3.63, 3.8) is 0 Å². The third-order valence-corrected chi connectivity index (χ3v) is 7.09. The molecule has 5 heterocycles. The van der Waals surface area contributed by atoms with E-state index in [-0.39, 0.29) is 17.8 Å². The lowest BCUT2D eigenvalue weighted by Gasteiger charge is -2.43. The number of rotatable bonds is 1. The number of hydrogen-bond acceptors (Lipinski definition) is 5. The minimum absolute atomic E-state index is 0.0687. The topological polar surface area (TPSA) is 75.4 Å². The van der Waals surface area contributed by atoms with Crippen LogP contribution in [0.2, 0.25) is 0 Å². The highest BCUT2D eigenvalue weighted by molar-refractivity contribution is 5.99. The molecular weight excluding hydrogens is 395 g/mol. The molecule has 1 N–H and O–H groups in total. The van der Waals surface area contributed by atoms with Crippen LogP contribution < -0.4 is 10.2 Å². The maximum absolute atomic E-state index is 14.5. The van der Waals surface area contributed by atoms with Gasteiger partial charge >= 0.3 is 0 Å². The number of pyridine rings is 1. The van der Waals surface area contributed by atoms with Gasteiger partial charge in [0.05, 0.1) is 17.9 Å². The van der Waals surface area contributed by atoms with Crippen molar-refractivity contribution in [1.82, 2.24) is 24.9 Å². The monoisotopic (exact) mass is 422 g/mol. The van der Waals surface area contributed by atoms with E-state index in [1.807, 2.05) is 19.2 Å². The molecule has 1 fully saturated rings. The Hall–Kier alpha value is -3.03. The van der Waals surface area contributed by atoms with Crippen molar-refractivity contribution in [1.29, 1.82) is 0 Å². The highest BCUT2D eigenvalue weighted by Crippen LogP contribution is 2.48. The first-order valence-electron chi connectivity index (χ1n) is 11.0. The van der Waals surface area contributed by atoms with Gasteiger partial charge < -0.3 is 10.2 Å². The molecule has 0 radical (unpaired) electrons. The molecule has 0 unspecified atom stereocenters. The van der Waals surface area contributed by atoms with Crippen molar-refractivity contribution in [3.05, 3.63) is 53.4 Å². The normalized spacial score (nSPS) is 26.1. The van der Waals surface area contributed by atoms with Gasteiger partial charge in [0.1, 0.15) is 17.2 Å². The van der Waals surface area contributed by atoms with E-state index in [4.69, 9.17) is 4.98 Å². The van der Waals surface area contributed by atoms with Crippen molar-refractivity contribution in [3.8, 4) is 0 Å². The standard InChI is InChI=1S/C23H27FN6O/c1-4-23-14(2)7-9-29(23)20-8-10-30-21(28-20)17(13-26-30)22(31)27-15(3)5-6-19-18(23)11-16(24)12-25-19/h8,10-15H,4-7,9H2,1-3H3,(H,27,31)/t14-,15-,23-/m1/s1. The number of nitrogens with one attached hydrogen (secondary N) is 1. The van der Waals surface area contributed by atoms with Gasteiger partial charge in [-0.3, -0.25) is 9.78 Å². The molecular formula is C23H27FN6O. The minimum Gasteiger partial charge on any atom is -0.349 e. The van der Waals surface area contributed by atoms with Crippen LogP contribution >= 0.6 is 0 Å². The average molecular weight is 423 g/mol. The van der Waals surface area contributed by atoms with E-state index in [1.165, 1.54) is 6.20 Å². The molecule has 3 atom stereocenters. The Kier molecular flexibility index (Phi) is 4.68. The van der Waals surface area contributed by atoms with Crippen LogP contribution in [-0.4, -0.2) is 38.1 Å². The molecule has 2 aliphatic rings. The molecule has 8 heteroatoms. The van der Waals surface area contributed by atoms with Gasteiger partial charge in [-0.1, -0.05) is 13.8 Å². The fraction of sp³-hybridized carbons (Fsp3) is 0.478. The van der Waals surface area contributed by atoms with Gasteiger partial charge in [-0.2, -0.15) is 5.10 Å². The highest BCUT2D eigenvalue weighted by Gasteiger charge is 2.48. The maximum atomic E-state index is 14.5. The second-order valence-electron chi connectivity index (χ2n) is 8.79. The van der Waals surface area contributed by atoms with E-state index in [0.717, 1.165) is 36.5 Å². The van der Waals surface area contributed by atoms with Gasteiger partial charge in [0.15, 0.2) is 5.65 Å². The summed E-state index contributed by atoms with van der Waals surface area (Å²) in [7, 11) is 0. The van der Waals surface area contributed by atoms with Gasteiger partial charge in [-0.25, -0.2) is 13.9 Å². The van der Waals surface area contributed by atoms with Crippen LogP contribution in [0, 0.1) is 11.7 Å². The highest BCUT2D eigenvalue weighted by atomic mass is 19.1. The van der Waals surface area contributed by atoms with Gasteiger partial charge in [0.2, 0.25) is 0 Å². The van der Waals surface area contributed by atoms with Crippen LogP contribution in [0.3, 0.4) is 0 Å². The Labute approximate surface area is 180 Å². The molecule has 3 aromatic heterocycles. The van der Waals surface area contributed by atoms with Crippen LogP contribution in [0.1, 0.15) is 61.6 Å². The molecule has 1 saturated heterocycles. The summed E-state index contributed by atoms with van der Waals surface area (Å²) in [5.74, 6) is 0.563. The Morgan fingerprint density at radius 2 is 2.13 bits per heavy atom. The zero-order valence-corrected chi connectivity index (χ0v) is 18.1. The Morgan fingerprint density at radius 1 is 1.29 bits per heavy atom. The number of carbonyl (C=O) groups is 1. The number of hydrogen-bond donors (Lipinski definition) is 1. The molecule has 2 aliphatic heterocycles. The Bertz CT molecular complexity index is 1160. The summed E-state index contributed by atoms with van der Waals surface area (Å²) >= 11 is 0. The third kappa shape index (κ3) is 2.99. The quantitative estimate of drug-likeness (QED) is 0.650. The van der Waals surface area contributed by atoms with E-state index < -0.39 is 5.54 Å². The largest absolute Gasteiger partial charge is 0.349 e. The Morgan fingerprint density at radius 3 is 2.94 bits per heavy atom. The SMILES string of the molecule is CC[C@@]12c3cc(F)cnc3CC[C@@H](C)NC(=O)c3cnn4ccc(nc34)N1CC[C@H]2C. The van der Waals surface area contributed by atoms with Crippen LogP contribution in [0.15, 0.2) is 30.7 Å². The van der Waals surface area contributed by atoms with Gasteiger partial charge in [-0.15, -0.1) is 0 Å². The zero-order chi connectivity index (χ0) is 21.8. The molecule has 0 spiro atoms. The lowest BCUT2D eigenvalue weighted by molar-refractivity contribution is 0.0940. The first-order valence-corrected chi connectivity index (χ1v) is 11.0. The molecule has 0 saturated carbocycles. The molecule has 2 bridgehead atoms. The lowest BCUT2D eigenvalue weighted by Crippen LogP contribution is -2.46. The van der Waals surface area contributed by atoms with E-state index in [0.29, 0.717) is 30.0 Å². The second-order valence-corrected chi connectivity index (χ2v) is 8.79. The first kappa shape index (κ1) is 19.9. The van der Waals surface area contributed by atoms with Crippen molar-refractivity contribution < 1.29 is 9.18 Å². The second kappa shape index (κ2) is 7.28. The van der Waals surface area contributed by atoms with Crippen molar-refractivity contribution in [2.24, 2.45) is 5.92 Å². The molecule has 7 nitrogen and oxygen atoms in total. The van der Waals surface area contributed by atoms with Gasteiger partial charge in [-0.05, 0) is 50.7 Å². The number of aromatic nitrogens is 4. The van der Waals surface area contributed by atoms with E-state index in [9.17, 15) is 9.18 Å². The summed E-state index contributed by atoms with van der Waals surface area (Å²) < 4.78 is 16.1. The van der Waals surface area contributed by atoms with Crippen molar-refractivity contribution in [2.75, 3.05) is 11.4 Å². The third-order valence-electron chi connectivity index (χ3n) is 7.09. The van der Waals surface area contributed by atoms with Gasteiger partial charge in [0, 0.05) is 30.0 Å². The molecule has 31 heavy (non-hydrogen) atoms. The number of fused-ring (bicyclic) bond motifs is 5. The summed E-state index contributed by atoms with van der Waals surface area (Å²) in [6.07, 6.45) is 7.85. The number of anilines is 1. The molecule has 0 aliphatic carbocycles. The minimum atomic E-state index is -0.412. The maximum Gasteiger partial charge on any atom is 0.256 e. The number of carbonyl (C=O) groups excluding carboxylic acids is 1. The first-order chi connectivity index (χ1) is 14.9. The fourth-order valence-corrected chi connectivity index (χ4v) is 5.43. The van der Waals surface area contributed by atoms with Crippen LogP contribution in [0.25, 0.3) is 5.65 Å². The summed E-state index contributed by atoms with van der Waals surface area (Å²) in [6.45, 7) is 7.16. The molecule has 5 rings (SSSR count). The van der Waals surface area contributed by atoms with E-state index >= 15 is 0 Å². The predicted octanol–water partition coefficient (Wildman–Crippen LogP) is 3.48. The fourth-order valence-electron chi connectivity index (χ4n) is 5.43. The number of aryl methyl sites for hydroxylation is 1. The molecule has 0 aromatic carbocycles. The van der Waals surface area contributed by atoms with Crippen molar-refractivity contribution in [2.45, 2.75) is 58.0 Å². The van der Waals surface area contributed by atoms with Crippen LogP contribution in [-0.2, 0) is 12.0 Å². The zero-order valence-electron chi connectivity index (χ0n) is 18.1. The number of amides is 1. The van der Waals surface area contributed by atoms with Crippen LogP contribution in [0.5, 0.6) is 0 Å². The summed E-state index contributed by atoms with van der Waals surface area (Å²) in [5, 5.41) is 7.36. The summed E-state index contributed by atoms with van der Waals surface area (Å²) in [5.41, 5.74) is 2.41. The molecule has 3 aromatic rings. The smallest absolute Gasteiger partial charge is 0.256 e.